The lowest BCUT2D eigenvalue weighted by Crippen LogP contribution is -2.48. The second-order valence-corrected chi connectivity index (χ2v) is 8.64. The Labute approximate surface area is 173 Å². The second-order valence-electron chi connectivity index (χ2n) is 7.52. The van der Waals surface area contributed by atoms with E-state index in [1.165, 1.54) is 14.5 Å². The third-order valence-electron chi connectivity index (χ3n) is 5.43. The summed E-state index contributed by atoms with van der Waals surface area (Å²) in [6.45, 7) is 4.32. The molecule has 0 spiro atoms. The number of carbonyl (C=O) groups excluding carboxylic acids is 3. The van der Waals surface area contributed by atoms with E-state index in [2.05, 4.69) is 16.0 Å². The van der Waals surface area contributed by atoms with Gasteiger partial charge in [-0.3, -0.25) is 19.4 Å². The minimum absolute atomic E-state index is 0.0945. The van der Waals surface area contributed by atoms with Crippen LogP contribution in [-0.2, 0) is 16.1 Å². The number of hydrogen-bond acceptors (Lipinski definition) is 6. The lowest BCUT2D eigenvalue weighted by atomic mass is 10.2. The van der Waals surface area contributed by atoms with Crippen molar-refractivity contribution < 1.29 is 14.4 Å². The summed E-state index contributed by atoms with van der Waals surface area (Å²) in [4.78, 5) is 47.7. The minimum Gasteiger partial charge on any atom is -0.340 e. The molecular weight excluding hydrogens is 390 g/mol. The van der Waals surface area contributed by atoms with E-state index in [1.807, 2.05) is 23.1 Å². The number of piperazine rings is 1. The van der Waals surface area contributed by atoms with E-state index in [4.69, 9.17) is 0 Å². The first-order chi connectivity index (χ1) is 14.0. The number of amides is 4. The van der Waals surface area contributed by atoms with Crippen LogP contribution in [0.5, 0.6) is 0 Å². The van der Waals surface area contributed by atoms with Crippen LogP contribution in [0.25, 0.3) is 10.2 Å². The molecule has 4 amide bonds. The van der Waals surface area contributed by atoms with Crippen molar-refractivity contribution in [2.45, 2.75) is 19.4 Å². The number of likely N-dealkylation sites (N-methyl/N-ethyl adjacent to an activating group) is 1. The second kappa shape index (κ2) is 8.46. The Morgan fingerprint density at radius 2 is 1.90 bits per heavy atom. The Morgan fingerprint density at radius 1 is 1.14 bits per heavy atom. The van der Waals surface area contributed by atoms with Crippen LogP contribution >= 0.6 is 11.3 Å². The number of imide groups is 1. The molecule has 154 valence electrons. The standard InChI is InChI=1S/C20H25N5O3S/c1-22-14-19(27)25(20(22)28)8-4-7-18(26)24-11-9-23(10-12-24)13-17-21-15-5-2-3-6-16(15)29-17/h2-3,5-6H,4,7-14H2,1H3. The molecule has 0 N–H and O–H groups in total. The first-order valence-electron chi connectivity index (χ1n) is 9.91. The maximum atomic E-state index is 12.5. The van der Waals surface area contributed by atoms with Crippen LogP contribution in [0.1, 0.15) is 17.8 Å². The van der Waals surface area contributed by atoms with Gasteiger partial charge in [-0.2, -0.15) is 0 Å². The molecule has 0 atom stereocenters. The SMILES string of the molecule is CN1CC(=O)N(CCCC(=O)N2CCN(Cc3nc4ccccc4s3)CC2)C1=O. The van der Waals surface area contributed by atoms with Crippen molar-refractivity contribution in [2.75, 3.05) is 46.3 Å². The fourth-order valence-electron chi connectivity index (χ4n) is 3.77. The highest BCUT2D eigenvalue weighted by atomic mass is 32.1. The first-order valence-corrected chi connectivity index (χ1v) is 10.7. The van der Waals surface area contributed by atoms with Crippen LogP contribution in [0.15, 0.2) is 24.3 Å². The molecule has 0 aliphatic carbocycles. The molecule has 2 aliphatic rings. The number of thiazole rings is 1. The molecule has 0 saturated carbocycles. The number of benzene rings is 1. The Balaban J connectivity index is 1.20. The van der Waals surface area contributed by atoms with Crippen molar-refractivity contribution in [3.8, 4) is 0 Å². The third-order valence-corrected chi connectivity index (χ3v) is 6.45. The zero-order chi connectivity index (χ0) is 20.4. The predicted octanol–water partition coefficient (Wildman–Crippen LogP) is 1.61. The van der Waals surface area contributed by atoms with Gasteiger partial charge < -0.3 is 9.80 Å². The van der Waals surface area contributed by atoms with E-state index in [0.29, 0.717) is 32.5 Å². The number of nitrogens with zero attached hydrogens (tertiary/aromatic N) is 5. The average molecular weight is 416 g/mol. The molecule has 2 saturated heterocycles. The number of hydrogen-bond donors (Lipinski definition) is 0. The van der Waals surface area contributed by atoms with Crippen LogP contribution in [0, 0.1) is 0 Å². The van der Waals surface area contributed by atoms with Gasteiger partial charge in [0.25, 0.3) is 0 Å². The number of rotatable bonds is 6. The molecule has 2 fully saturated rings. The molecule has 3 heterocycles. The van der Waals surface area contributed by atoms with Crippen LogP contribution < -0.4 is 0 Å². The maximum Gasteiger partial charge on any atom is 0.326 e. The van der Waals surface area contributed by atoms with Crippen LogP contribution in [0.4, 0.5) is 4.79 Å². The number of fused-ring (bicyclic) bond motifs is 1. The maximum absolute atomic E-state index is 12.5. The van der Waals surface area contributed by atoms with Crippen molar-refractivity contribution in [3.63, 3.8) is 0 Å². The van der Waals surface area contributed by atoms with Crippen molar-refractivity contribution in [1.29, 1.82) is 0 Å². The Morgan fingerprint density at radius 3 is 2.59 bits per heavy atom. The zero-order valence-corrected chi connectivity index (χ0v) is 17.4. The average Bonchev–Trinajstić information content (AvgIpc) is 3.23. The lowest BCUT2D eigenvalue weighted by molar-refractivity contribution is -0.133. The van der Waals surface area contributed by atoms with E-state index < -0.39 is 0 Å². The fourth-order valence-corrected chi connectivity index (χ4v) is 4.78. The Kier molecular flexibility index (Phi) is 5.77. The summed E-state index contributed by atoms with van der Waals surface area (Å²) in [7, 11) is 1.61. The van der Waals surface area contributed by atoms with Gasteiger partial charge in [0.05, 0.1) is 16.8 Å². The summed E-state index contributed by atoms with van der Waals surface area (Å²) in [5, 5.41) is 1.11. The molecular formula is C20H25N5O3S. The number of aromatic nitrogens is 1. The van der Waals surface area contributed by atoms with Gasteiger partial charge in [0, 0.05) is 46.2 Å². The predicted molar refractivity (Wildman–Crippen MR) is 110 cm³/mol. The number of urea groups is 1. The minimum atomic E-state index is -0.272. The van der Waals surface area contributed by atoms with E-state index in [-0.39, 0.29) is 24.4 Å². The molecule has 2 aliphatic heterocycles. The fraction of sp³-hybridized carbons (Fsp3) is 0.500. The third kappa shape index (κ3) is 4.40. The lowest BCUT2D eigenvalue weighted by Gasteiger charge is -2.34. The zero-order valence-electron chi connectivity index (χ0n) is 16.5. The van der Waals surface area contributed by atoms with E-state index in [9.17, 15) is 14.4 Å². The van der Waals surface area contributed by atoms with Crippen molar-refractivity contribution >= 4 is 39.4 Å². The highest BCUT2D eigenvalue weighted by Gasteiger charge is 2.33. The van der Waals surface area contributed by atoms with E-state index >= 15 is 0 Å². The van der Waals surface area contributed by atoms with Gasteiger partial charge in [-0.05, 0) is 18.6 Å². The summed E-state index contributed by atoms with van der Waals surface area (Å²) >= 11 is 1.73. The van der Waals surface area contributed by atoms with Crippen LogP contribution in [0.2, 0.25) is 0 Å². The largest absolute Gasteiger partial charge is 0.340 e. The van der Waals surface area contributed by atoms with Gasteiger partial charge in [0.15, 0.2) is 0 Å². The van der Waals surface area contributed by atoms with Crippen molar-refractivity contribution in [1.82, 2.24) is 24.6 Å². The van der Waals surface area contributed by atoms with Gasteiger partial charge in [-0.15, -0.1) is 11.3 Å². The van der Waals surface area contributed by atoms with E-state index in [1.54, 1.807) is 18.4 Å². The van der Waals surface area contributed by atoms with Gasteiger partial charge in [-0.25, -0.2) is 9.78 Å². The van der Waals surface area contributed by atoms with Crippen molar-refractivity contribution in [3.05, 3.63) is 29.3 Å². The summed E-state index contributed by atoms with van der Waals surface area (Å²) in [5.74, 6) is -0.0921. The first kappa shape index (κ1) is 19.8. The van der Waals surface area contributed by atoms with Crippen LogP contribution in [0.3, 0.4) is 0 Å². The molecule has 9 heteroatoms. The molecule has 1 aromatic heterocycles. The summed E-state index contributed by atoms with van der Waals surface area (Å²) < 4.78 is 1.21. The molecule has 0 bridgehead atoms. The normalized spacial score (nSPS) is 18.3. The molecule has 1 aromatic carbocycles. The van der Waals surface area contributed by atoms with Gasteiger partial charge in [0.1, 0.15) is 11.6 Å². The summed E-state index contributed by atoms with van der Waals surface area (Å²) in [6, 6.07) is 7.89. The van der Waals surface area contributed by atoms with E-state index in [0.717, 1.165) is 30.2 Å². The highest BCUT2D eigenvalue weighted by molar-refractivity contribution is 7.18. The highest BCUT2D eigenvalue weighted by Crippen LogP contribution is 2.23. The van der Waals surface area contributed by atoms with Gasteiger partial charge in [-0.1, -0.05) is 12.1 Å². The molecule has 29 heavy (non-hydrogen) atoms. The molecule has 2 aromatic rings. The summed E-state index contributed by atoms with van der Waals surface area (Å²) in [5.41, 5.74) is 1.04. The monoisotopic (exact) mass is 415 g/mol. The Hall–Kier alpha value is -2.52. The van der Waals surface area contributed by atoms with Gasteiger partial charge in [0.2, 0.25) is 11.8 Å². The summed E-state index contributed by atoms with van der Waals surface area (Å²) in [6.07, 6.45) is 0.870. The topological polar surface area (TPSA) is 77.1 Å². The number of carbonyl (C=O) groups is 3. The quantitative estimate of drug-likeness (QED) is 0.670. The molecule has 0 radical (unpaired) electrons. The Bertz CT molecular complexity index is 889. The van der Waals surface area contributed by atoms with Gasteiger partial charge >= 0.3 is 6.03 Å². The van der Waals surface area contributed by atoms with Crippen molar-refractivity contribution in [2.24, 2.45) is 0 Å². The molecule has 0 unspecified atom stereocenters. The smallest absolute Gasteiger partial charge is 0.326 e. The molecule has 8 nitrogen and oxygen atoms in total. The number of para-hydroxylation sites is 1. The van der Waals surface area contributed by atoms with Crippen LogP contribution in [-0.4, -0.2) is 88.7 Å². The molecule has 4 rings (SSSR count).